The fourth-order valence-corrected chi connectivity index (χ4v) is 2.99. The van der Waals surface area contributed by atoms with Gasteiger partial charge >= 0.3 is 0 Å². The summed E-state index contributed by atoms with van der Waals surface area (Å²) < 4.78 is 0. The fourth-order valence-electron chi connectivity index (χ4n) is 2.99. The number of carbonyl (C=O) groups is 2. The van der Waals surface area contributed by atoms with Crippen molar-refractivity contribution in [3.63, 3.8) is 0 Å². The summed E-state index contributed by atoms with van der Waals surface area (Å²) in [7, 11) is 0. The molecular weight excluding hydrogens is 254 g/mol. The van der Waals surface area contributed by atoms with Crippen LogP contribution in [0.15, 0.2) is 30.3 Å². The molecule has 2 aliphatic rings. The lowest BCUT2D eigenvalue weighted by Crippen LogP contribution is -2.54. The molecule has 1 unspecified atom stereocenters. The molecule has 2 fully saturated rings. The van der Waals surface area contributed by atoms with Crippen molar-refractivity contribution in [2.75, 3.05) is 31.1 Å². The summed E-state index contributed by atoms with van der Waals surface area (Å²) in [5.74, 6) is 0.0232. The zero-order chi connectivity index (χ0) is 13.9. The second-order valence-electron chi connectivity index (χ2n) is 5.30. The lowest BCUT2D eigenvalue weighted by Gasteiger charge is -2.33. The Morgan fingerprint density at radius 1 is 1.20 bits per heavy atom. The number of hydrogen-bond donors (Lipinski definition) is 1. The maximum atomic E-state index is 12.6. The van der Waals surface area contributed by atoms with Crippen molar-refractivity contribution in [2.45, 2.75) is 18.9 Å². The van der Waals surface area contributed by atoms with E-state index in [-0.39, 0.29) is 24.4 Å². The van der Waals surface area contributed by atoms with Crippen molar-refractivity contribution in [2.24, 2.45) is 0 Å². The molecule has 106 valence electrons. The van der Waals surface area contributed by atoms with E-state index in [4.69, 9.17) is 0 Å². The highest BCUT2D eigenvalue weighted by atomic mass is 16.2. The minimum absolute atomic E-state index is 0.0612. The predicted molar refractivity (Wildman–Crippen MR) is 76.4 cm³/mol. The van der Waals surface area contributed by atoms with Gasteiger partial charge in [-0.1, -0.05) is 18.2 Å². The standard InChI is InChI=1S/C15H19N3O2/c19-14-11-17(10-8-16-14)15(20)13-7-4-9-18(13)12-5-2-1-3-6-12/h1-3,5-6,13H,4,7-11H2,(H,16,19). The molecule has 5 heteroatoms. The molecule has 2 heterocycles. The third-order valence-electron chi connectivity index (χ3n) is 3.98. The summed E-state index contributed by atoms with van der Waals surface area (Å²) in [6, 6.07) is 9.91. The summed E-state index contributed by atoms with van der Waals surface area (Å²) in [5.41, 5.74) is 1.09. The van der Waals surface area contributed by atoms with Gasteiger partial charge in [0.2, 0.25) is 11.8 Å². The summed E-state index contributed by atoms with van der Waals surface area (Å²) in [5, 5.41) is 2.75. The number of benzene rings is 1. The molecule has 5 nitrogen and oxygen atoms in total. The summed E-state index contributed by atoms with van der Waals surface area (Å²) in [4.78, 5) is 27.9. The lowest BCUT2D eigenvalue weighted by molar-refractivity contribution is -0.139. The number of amides is 2. The molecule has 2 saturated heterocycles. The lowest BCUT2D eigenvalue weighted by atomic mass is 10.1. The average Bonchev–Trinajstić information content (AvgIpc) is 2.97. The second kappa shape index (κ2) is 5.53. The number of piperazine rings is 1. The van der Waals surface area contributed by atoms with E-state index >= 15 is 0 Å². The van der Waals surface area contributed by atoms with Crippen molar-refractivity contribution in [3.05, 3.63) is 30.3 Å². The van der Waals surface area contributed by atoms with Crippen molar-refractivity contribution in [1.82, 2.24) is 10.2 Å². The monoisotopic (exact) mass is 273 g/mol. The second-order valence-corrected chi connectivity index (χ2v) is 5.30. The molecule has 1 N–H and O–H groups in total. The Kier molecular flexibility index (Phi) is 3.58. The van der Waals surface area contributed by atoms with E-state index in [1.807, 2.05) is 30.3 Å². The summed E-state index contributed by atoms with van der Waals surface area (Å²) in [6.45, 7) is 2.27. The van der Waals surface area contributed by atoms with Gasteiger partial charge in [-0.15, -0.1) is 0 Å². The maximum absolute atomic E-state index is 12.6. The van der Waals surface area contributed by atoms with Crippen molar-refractivity contribution in [1.29, 1.82) is 0 Å². The van der Waals surface area contributed by atoms with Gasteiger partial charge in [-0.25, -0.2) is 0 Å². The molecule has 2 amide bonds. The Morgan fingerprint density at radius 3 is 2.75 bits per heavy atom. The Balaban J connectivity index is 1.75. The van der Waals surface area contributed by atoms with Crippen molar-refractivity contribution < 1.29 is 9.59 Å². The van der Waals surface area contributed by atoms with Crippen LogP contribution in [-0.4, -0.2) is 48.9 Å². The van der Waals surface area contributed by atoms with Gasteiger partial charge in [-0.3, -0.25) is 9.59 Å². The van der Waals surface area contributed by atoms with Crippen LogP contribution in [0.3, 0.4) is 0 Å². The fraction of sp³-hybridized carbons (Fsp3) is 0.467. The quantitative estimate of drug-likeness (QED) is 0.859. The molecule has 0 aromatic heterocycles. The van der Waals surface area contributed by atoms with Crippen LogP contribution in [0.5, 0.6) is 0 Å². The highest BCUT2D eigenvalue weighted by Gasteiger charge is 2.35. The van der Waals surface area contributed by atoms with Crippen molar-refractivity contribution in [3.8, 4) is 0 Å². The van der Waals surface area contributed by atoms with Crippen LogP contribution in [0, 0.1) is 0 Å². The Hall–Kier alpha value is -2.04. The number of nitrogens with zero attached hydrogens (tertiary/aromatic N) is 2. The first-order chi connectivity index (χ1) is 9.75. The van der Waals surface area contributed by atoms with Crippen LogP contribution in [0.2, 0.25) is 0 Å². The Morgan fingerprint density at radius 2 is 2.00 bits per heavy atom. The zero-order valence-electron chi connectivity index (χ0n) is 11.4. The molecule has 0 saturated carbocycles. The van der Waals surface area contributed by atoms with Crippen LogP contribution in [-0.2, 0) is 9.59 Å². The normalized spacial score (nSPS) is 22.8. The molecule has 2 aliphatic heterocycles. The minimum Gasteiger partial charge on any atom is -0.360 e. The molecule has 0 bridgehead atoms. The third-order valence-corrected chi connectivity index (χ3v) is 3.98. The van der Waals surface area contributed by atoms with E-state index in [1.165, 1.54) is 0 Å². The average molecular weight is 273 g/mol. The van der Waals surface area contributed by atoms with Crippen LogP contribution in [0.4, 0.5) is 5.69 Å². The highest BCUT2D eigenvalue weighted by molar-refractivity contribution is 5.90. The highest BCUT2D eigenvalue weighted by Crippen LogP contribution is 2.26. The van der Waals surface area contributed by atoms with Gasteiger partial charge in [0.15, 0.2) is 0 Å². The molecule has 1 atom stereocenters. The first-order valence-corrected chi connectivity index (χ1v) is 7.13. The molecule has 3 rings (SSSR count). The van der Waals surface area contributed by atoms with E-state index in [9.17, 15) is 9.59 Å². The molecular formula is C15H19N3O2. The largest absolute Gasteiger partial charge is 0.360 e. The van der Waals surface area contributed by atoms with Gasteiger partial charge < -0.3 is 15.1 Å². The number of carbonyl (C=O) groups excluding carboxylic acids is 2. The minimum atomic E-state index is -0.122. The number of rotatable bonds is 2. The number of para-hydroxylation sites is 1. The molecule has 0 spiro atoms. The van der Waals surface area contributed by atoms with Crippen molar-refractivity contribution >= 4 is 17.5 Å². The maximum Gasteiger partial charge on any atom is 0.245 e. The Bertz CT molecular complexity index is 503. The molecule has 0 radical (unpaired) electrons. The summed E-state index contributed by atoms with van der Waals surface area (Å²) >= 11 is 0. The van der Waals surface area contributed by atoms with Crippen LogP contribution in [0.25, 0.3) is 0 Å². The van der Waals surface area contributed by atoms with E-state index in [0.29, 0.717) is 13.1 Å². The van der Waals surface area contributed by atoms with E-state index in [1.54, 1.807) is 4.90 Å². The zero-order valence-corrected chi connectivity index (χ0v) is 11.4. The predicted octanol–water partition coefficient (Wildman–Crippen LogP) is 0.614. The van der Waals surface area contributed by atoms with Gasteiger partial charge in [-0.2, -0.15) is 0 Å². The smallest absolute Gasteiger partial charge is 0.245 e. The molecule has 1 aromatic carbocycles. The van der Waals surface area contributed by atoms with Gasteiger partial charge in [0.05, 0.1) is 6.54 Å². The van der Waals surface area contributed by atoms with Crippen LogP contribution < -0.4 is 10.2 Å². The first kappa shape index (κ1) is 13.0. The van der Waals surface area contributed by atoms with E-state index in [2.05, 4.69) is 10.2 Å². The SMILES string of the molecule is O=C1CN(C(=O)C2CCCN2c2ccccc2)CCN1. The molecule has 1 aromatic rings. The van der Waals surface area contributed by atoms with Gasteiger partial charge in [-0.05, 0) is 25.0 Å². The van der Waals surface area contributed by atoms with E-state index < -0.39 is 0 Å². The number of hydrogen-bond acceptors (Lipinski definition) is 3. The van der Waals surface area contributed by atoms with Gasteiger partial charge in [0.25, 0.3) is 0 Å². The summed E-state index contributed by atoms with van der Waals surface area (Å²) in [6.07, 6.45) is 1.89. The van der Waals surface area contributed by atoms with Crippen LogP contribution >= 0.6 is 0 Å². The number of anilines is 1. The van der Waals surface area contributed by atoms with Gasteiger partial charge in [0, 0.05) is 25.3 Å². The van der Waals surface area contributed by atoms with Crippen LogP contribution in [0.1, 0.15) is 12.8 Å². The van der Waals surface area contributed by atoms with E-state index in [0.717, 1.165) is 25.1 Å². The molecule has 0 aliphatic carbocycles. The topological polar surface area (TPSA) is 52.7 Å². The molecule has 20 heavy (non-hydrogen) atoms. The Labute approximate surface area is 118 Å². The van der Waals surface area contributed by atoms with Gasteiger partial charge in [0.1, 0.15) is 6.04 Å². The number of nitrogens with one attached hydrogen (secondary N) is 1. The first-order valence-electron chi connectivity index (χ1n) is 7.13. The third kappa shape index (κ3) is 2.48.